The van der Waals surface area contributed by atoms with Crippen molar-refractivity contribution in [3.63, 3.8) is 0 Å². The van der Waals surface area contributed by atoms with Crippen molar-refractivity contribution in [1.29, 1.82) is 5.26 Å². The Morgan fingerprint density at radius 1 is 1.56 bits per heavy atom. The molecule has 0 bridgehead atoms. The van der Waals surface area contributed by atoms with Crippen molar-refractivity contribution in [2.24, 2.45) is 5.73 Å². The van der Waals surface area contributed by atoms with Crippen LogP contribution >= 0.6 is 23.1 Å². The molecule has 1 aromatic carbocycles. The molecule has 0 saturated carbocycles. The third-order valence-corrected chi connectivity index (χ3v) is 6.45. The summed E-state index contributed by atoms with van der Waals surface area (Å²) in [5, 5.41) is 19.5. The van der Waals surface area contributed by atoms with E-state index in [0.717, 1.165) is 5.56 Å². The molecule has 140 valence electrons. The van der Waals surface area contributed by atoms with E-state index in [4.69, 9.17) is 16.1 Å². The lowest BCUT2D eigenvalue weighted by Gasteiger charge is -2.29. The van der Waals surface area contributed by atoms with Gasteiger partial charge in [0.2, 0.25) is 5.91 Å². The van der Waals surface area contributed by atoms with Crippen LogP contribution in [0.2, 0.25) is 0 Å². The number of aromatic carboxylic acids is 1. The molecule has 1 unspecified atom stereocenters. The number of thiazole rings is 1. The van der Waals surface area contributed by atoms with E-state index in [2.05, 4.69) is 11.1 Å². The number of likely N-dealkylation sites (tertiary alicyclic amines) is 1. The Morgan fingerprint density at radius 2 is 2.37 bits per heavy atom. The van der Waals surface area contributed by atoms with E-state index < -0.39 is 5.97 Å². The average Bonchev–Trinajstić information content (AvgIpc) is 3.29. The molecule has 1 aliphatic heterocycles. The second-order valence-corrected chi connectivity index (χ2v) is 8.31. The second-order valence-electron chi connectivity index (χ2n) is 6.11. The lowest BCUT2D eigenvalue weighted by atomic mass is 9.97. The highest BCUT2D eigenvalue weighted by Gasteiger charge is 2.35. The first kappa shape index (κ1) is 19.4. The number of nitriles is 1. The third-order valence-electron chi connectivity index (χ3n) is 4.45. The molecule has 1 fully saturated rings. The zero-order valence-electron chi connectivity index (χ0n) is 14.4. The van der Waals surface area contributed by atoms with Crippen molar-refractivity contribution < 1.29 is 14.7 Å². The fourth-order valence-electron chi connectivity index (χ4n) is 3.11. The zero-order valence-corrected chi connectivity index (χ0v) is 16.0. The van der Waals surface area contributed by atoms with Crippen molar-refractivity contribution in [1.82, 2.24) is 9.88 Å². The standard InChI is InChI=1S/C18H18N4O3S2/c19-9-11-2-1-3-12(8-11)16(20)14-4-5-15(23)22(14)6-7-26-18-21-13(10-27-18)17(24)25/h1-3,8,10,14,16H,4-7,20H2,(H,24,25)/t14-,16?/m1/s1. The predicted octanol–water partition coefficient (Wildman–Crippen LogP) is 2.50. The van der Waals surface area contributed by atoms with E-state index >= 15 is 0 Å². The van der Waals surface area contributed by atoms with Gasteiger partial charge < -0.3 is 15.7 Å². The molecule has 3 N–H and O–H groups in total. The molecular formula is C18H18N4O3S2. The molecule has 9 heteroatoms. The monoisotopic (exact) mass is 402 g/mol. The Hall–Kier alpha value is -2.41. The SMILES string of the molecule is N#Cc1cccc(C(N)[C@H]2CCC(=O)N2CCSc2nc(C(=O)O)cs2)c1. The van der Waals surface area contributed by atoms with Gasteiger partial charge in [0.25, 0.3) is 0 Å². The van der Waals surface area contributed by atoms with Crippen LogP contribution in [0, 0.1) is 11.3 Å². The summed E-state index contributed by atoms with van der Waals surface area (Å²) >= 11 is 2.71. The Bertz CT molecular complexity index is 893. The summed E-state index contributed by atoms with van der Waals surface area (Å²) in [5.74, 6) is -0.365. The van der Waals surface area contributed by atoms with Gasteiger partial charge in [0, 0.05) is 24.1 Å². The van der Waals surface area contributed by atoms with E-state index in [-0.39, 0.29) is 23.7 Å². The zero-order chi connectivity index (χ0) is 19.4. The largest absolute Gasteiger partial charge is 0.476 e. The number of carbonyl (C=O) groups is 2. The van der Waals surface area contributed by atoms with Crippen molar-refractivity contribution in [3.8, 4) is 6.07 Å². The number of carboxylic acids is 1. The molecule has 1 saturated heterocycles. The maximum absolute atomic E-state index is 12.3. The van der Waals surface area contributed by atoms with Crippen LogP contribution in [0.5, 0.6) is 0 Å². The number of nitrogens with two attached hydrogens (primary N) is 1. The molecule has 0 radical (unpaired) electrons. The molecule has 2 heterocycles. The number of hydrogen-bond donors (Lipinski definition) is 2. The highest BCUT2D eigenvalue weighted by molar-refractivity contribution is 8.01. The Morgan fingerprint density at radius 3 is 3.07 bits per heavy atom. The quantitative estimate of drug-likeness (QED) is 0.683. The summed E-state index contributed by atoms with van der Waals surface area (Å²) in [4.78, 5) is 29.0. The molecule has 27 heavy (non-hydrogen) atoms. The van der Waals surface area contributed by atoms with Crippen molar-refractivity contribution in [3.05, 3.63) is 46.5 Å². The first-order chi connectivity index (χ1) is 13.0. The van der Waals surface area contributed by atoms with Crippen LogP contribution in [0.25, 0.3) is 0 Å². The molecule has 3 rings (SSSR count). The first-order valence-corrected chi connectivity index (χ1v) is 10.2. The molecule has 0 spiro atoms. The summed E-state index contributed by atoms with van der Waals surface area (Å²) < 4.78 is 0.668. The van der Waals surface area contributed by atoms with E-state index in [1.165, 1.54) is 28.5 Å². The molecule has 1 aliphatic rings. The number of thioether (sulfide) groups is 1. The van der Waals surface area contributed by atoms with Gasteiger partial charge in [0.1, 0.15) is 0 Å². The van der Waals surface area contributed by atoms with Crippen LogP contribution in [0.3, 0.4) is 0 Å². The highest BCUT2D eigenvalue weighted by atomic mass is 32.2. The Balaban J connectivity index is 1.63. The van der Waals surface area contributed by atoms with Crippen molar-refractivity contribution in [2.75, 3.05) is 12.3 Å². The smallest absolute Gasteiger partial charge is 0.355 e. The number of amides is 1. The van der Waals surface area contributed by atoms with E-state index in [0.29, 0.717) is 35.0 Å². The Kier molecular flexibility index (Phi) is 6.11. The molecule has 7 nitrogen and oxygen atoms in total. The minimum absolute atomic E-state index is 0.0389. The summed E-state index contributed by atoms with van der Waals surface area (Å²) in [6.45, 7) is 0.516. The molecule has 2 aromatic rings. The van der Waals surface area contributed by atoms with Gasteiger partial charge >= 0.3 is 5.97 Å². The van der Waals surface area contributed by atoms with Gasteiger partial charge in [0.15, 0.2) is 10.0 Å². The van der Waals surface area contributed by atoms with Crippen LogP contribution in [0.15, 0.2) is 34.0 Å². The van der Waals surface area contributed by atoms with Crippen LogP contribution in [-0.2, 0) is 4.79 Å². The summed E-state index contributed by atoms with van der Waals surface area (Å²) in [6.07, 6.45) is 1.14. The summed E-state index contributed by atoms with van der Waals surface area (Å²) in [5.41, 5.74) is 7.84. The number of aromatic nitrogens is 1. The maximum atomic E-state index is 12.3. The maximum Gasteiger partial charge on any atom is 0.355 e. The van der Waals surface area contributed by atoms with Crippen LogP contribution in [-0.4, -0.2) is 45.2 Å². The summed E-state index contributed by atoms with van der Waals surface area (Å²) in [6, 6.07) is 8.81. The number of carboxylic acid groups (broad SMARTS) is 1. The van der Waals surface area contributed by atoms with Crippen LogP contribution in [0.1, 0.15) is 40.5 Å². The van der Waals surface area contributed by atoms with Gasteiger partial charge in [-0.1, -0.05) is 23.9 Å². The molecule has 1 aromatic heterocycles. The molecule has 1 amide bonds. The van der Waals surface area contributed by atoms with E-state index in [1.54, 1.807) is 23.1 Å². The minimum Gasteiger partial charge on any atom is -0.476 e. The normalized spacial score (nSPS) is 17.7. The number of benzene rings is 1. The molecule has 0 aliphatic carbocycles. The fourth-order valence-corrected chi connectivity index (χ4v) is 4.92. The Labute approximate surface area is 164 Å². The lowest BCUT2D eigenvalue weighted by Crippen LogP contribution is -2.41. The van der Waals surface area contributed by atoms with E-state index in [1.807, 2.05) is 6.07 Å². The number of hydrogen-bond acceptors (Lipinski definition) is 7. The number of rotatable bonds is 7. The molecule has 2 atom stereocenters. The van der Waals surface area contributed by atoms with Crippen molar-refractivity contribution >= 4 is 35.0 Å². The second kappa shape index (κ2) is 8.52. The number of nitrogens with zero attached hydrogens (tertiary/aromatic N) is 3. The van der Waals surface area contributed by atoms with Gasteiger partial charge in [-0.15, -0.1) is 11.3 Å². The van der Waals surface area contributed by atoms with Gasteiger partial charge in [-0.2, -0.15) is 5.26 Å². The highest BCUT2D eigenvalue weighted by Crippen LogP contribution is 2.30. The fraction of sp³-hybridized carbons (Fsp3) is 0.333. The van der Waals surface area contributed by atoms with Gasteiger partial charge in [-0.25, -0.2) is 9.78 Å². The van der Waals surface area contributed by atoms with Gasteiger partial charge in [-0.3, -0.25) is 4.79 Å². The first-order valence-electron chi connectivity index (χ1n) is 8.36. The minimum atomic E-state index is -1.04. The van der Waals surface area contributed by atoms with E-state index in [9.17, 15) is 9.59 Å². The lowest BCUT2D eigenvalue weighted by molar-refractivity contribution is -0.128. The van der Waals surface area contributed by atoms with Crippen LogP contribution < -0.4 is 5.73 Å². The average molecular weight is 403 g/mol. The van der Waals surface area contributed by atoms with Crippen LogP contribution in [0.4, 0.5) is 0 Å². The number of carbonyl (C=O) groups excluding carboxylic acids is 1. The van der Waals surface area contributed by atoms with Gasteiger partial charge in [0.05, 0.1) is 23.7 Å². The summed E-state index contributed by atoms with van der Waals surface area (Å²) in [7, 11) is 0. The molecular weight excluding hydrogens is 384 g/mol. The van der Waals surface area contributed by atoms with Crippen molar-refractivity contribution in [2.45, 2.75) is 29.3 Å². The van der Waals surface area contributed by atoms with Gasteiger partial charge in [-0.05, 0) is 24.1 Å². The predicted molar refractivity (Wildman–Crippen MR) is 103 cm³/mol. The topological polar surface area (TPSA) is 120 Å². The third kappa shape index (κ3) is 4.47.